The average molecular weight is 253 g/mol. The molecule has 94 valence electrons. The number of nitrogens with two attached hydrogens (primary N) is 1. The van der Waals surface area contributed by atoms with Crippen molar-refractivity contribution in [1.82, 2.24) is 0 Å². The van der Waals surface area contributed by atoms with Crippen LogP contribution in [0.4, 0.5) is 0 Å². The van der Waals surface area contributed by atoms with Crippen molar-refractivity contribution in [2.75, 3.05) is 26.9 Å². The number of ether oxygens (including phenoxy) is 1. The van der Waals surface area contributed by atoms with E-state index in [0.717, 1.165) is 0 Å². The lowest BCUT2D eigenvalue weighted by molar-refractivity contribution is -0.137. The van der Waals surface area contributed by atoms with Crippen LogP contribution in [-0.4, -0.2) is 32.8 Å². The molecule has 8 heteroatoms. The van der Waals surface area contributed by atoms with Crippen molar-refractivity contribution in [3.63, 3.8) is 0 Å². The van der Waals surface area contributed by atoms with Gasteiger partial charge >= 0.3 is 13.8 Å². The molecule has 0 aliphatic carbocycles. The molecule has 1 atom stereocenters. The number of phosphoric acid groups is 1. The first kappa shape index (κ1) is 15.3. The summed E-state index contributed by atoms with van der Waals surface area (Å²) in [6.07, 6.45) is 0. The van der Waals surface area contributed by atoms with E-state index >= 15 is 0 Å². The van der Waals surface area contributed by atoms with E-state index in [0.29, 0.717) is 0 Å². The Bertz CT molecular complexity index is 292. The highest BCUT2D eigenvalue weighted by atomic mass is 31.2. The minimum absolute atomic E-state index is 0.0149. The quantitative estimate of drug-likeness (QED) is 0.388. The lowest BCUT2D eigenvalue weighted by Gasteiger charge is -2.15. The van der Waals surface area contributed by atoms with E-state index in [9.17, 15) is 9.36 Å². The summed E-state index contributed by atoms with van der Waals surface area (Å²) in [5, 5.41) is 0. The van der Waals surface area contributed by atoms with Crippen LogP contribution in [0, 0.1) is 0 Å². The molecular formula is C8H16NO6P. The number of hydrogen-bond acceptors (Lipinski definition) is 7. The summed E-state index contributed by atoms with van der Waals surface area (Å²) in [5.74, 6) is -0.523. The first-order chi connectivity index (χ1) is 7.43. The van der Waals surface area contributed by atoms with Gasteiger partial charge < -0.3 is 10.5 Å². The number of hydrogen-bond donors (Lipinski definition) is 1. The Hall–Kier alpha value is -0.720. The van der Waals surface area contributed by atoms with Crippen LogP contribution in [0.1, 0.15) is 6.92 Å². The zero-order valence-electron chi connectivity index (χ0n) is 9.30. The Kier molecular flexibility index (Phi) is 7.20. The molecule has 0 fully saturated rings. The SMILES string of the molecule is C=C(COP(=O)(OC)OCCN)OC(C)=O. The number of esters is 1. The number of carbonyl (C=O) groups excluding carboxylic acids is 1. The molecule has 0 heterocycles. The van der Waals surface area contributed by atoms with Gasteiger partial charge in [0.2, 0.25) is 0 Å². The average Bonchev–Trinajstić information content (AvgIpc) is 2.23. The van der Waals surface area contributed by atoms with Gasteiger partial charge in [0.05, 0.1) is 6.61 Å². The fraction of sp³-hybridized carbons (Fsp3) is 0.625. The summed E-state index contributed by atoms with van der Waals surface area (Å²) < 4.78 is 30.4. The molecule has 0 bridgehead atoms. The van der Waals surface area contributed by atoms with E-state index < -0.39 is 13.8 Å². The molecule has 0 aromatic carbocycles. The lowest BCUT2D eigenvalue weighted by Crippen LogP contribution is -2.10. The summed E-state index contributed by atoms with van der Waals surface area (Å²) in [6.45, 7) is 4.55. The number of carbonyl (C=O) groups is 1. The second-order valence-electron chi connectivity index (χ2n) is 2.66. The highest BCUT2D eigenvalue weighted by molar-refractivity contribution is 7.48. The Morgan fingerprint density at radius 3 is 2.50 bits per heavy atom. The van der Waals surface area contributed by atoms with Crippen molar-refractivity contribution >= 4 is 13.8 Å². The van der Waals surface area contributed by atoms with Gasteiger partial charge in [0.15, 0.2) is 0 Å². The summed E-state index contributed by atoms with van der Waals surface area (Å²) in [6, 6.07) is 0. The molecule has 0 rings (SSSR count). The van der Waals surface area contributed by atoms with E-state index in [-0.39, 0.29) is 25.5 Å². The van der Waals surface area contributed by atoms with Crippen LogP contribution < -0.4 is 5.73 Å². The molecule has 7 nitrogen and oxygen atoms in total. The van der Waals surface area contributed by atoms with Crippen molar-refractivity contribution in [1.29, 1.82) is 0 Å². The van der Waals surface area contributed by atoms with Crippen molar-refractivity contribution < 1.29 is 27.7 Å². The molecule has 0 spiro atoms. The minimum Gasteiger partial charge on any atom is -0.429 e. The van der Waals surface area contributed by atoms with Crippen LogP contribution in [0.2, 0.25) is 0 Å². The third-order valence-corrected chi connectivity index (χ3v) is 2.65. The predicted molar refractivity (Wildman–Crippen MR) is 56.5 cm³/mol. The molecular weight excluding hydrogens is 237 g/mol. The van der Waals surface area contributed by atoms with Crippen LogP contribution in [0.5, 0.6) is 0 Å². The molecule has 0 saturated carbocycles. The fourth-order valence-corrected chi connectivity index (χ4v) is 1.61. The van der Waals surface area contributed by atoms with Gasteiger partial charge in [0, 0.05) is 20.6 Å². The molecule has 0 radical (unpaired) electrons. The topological polar surface area (TPSA) is 97.1 Å². The van der Waals surface area contributed by atoms with Gasteiger partial charge in [0.25, 0.3) is 0 Å². The zero-order valence-corrected chi connectivity index (χ0v) is 10.2. The smallest absolute Gasteiger partial charge is 0.429 e. The van der Waals surface area contributed by atoms with Gasteiger partial charge in [0.1, 0.15) is 12.4 Å². The van der Waals surface area contributed by atoms with E-state index in [2.05, 4.69) is 15.8 Å². The molecule has 0 aliphatic rings. The van der Waals surface area contributed by atoms with Crippen LogP contribution >= 0.6 is 7.82 Å². The predicted octanol–water partition coefficient (Wildman–Crippen LogP) is 0.810. The van der Waals surface area contributed by atoms with Crippen molar-refractivity contribution in [3.05, 3.63) is 12.3 Å². The first-order valence-corrected chi connectivity index (χ1v) is 5.90. The first-order valence-electron chi connectivity index (χ1n) is 4.44. The largest absolute Gasteiger partial charge is 0.474 e. The maximum atomic E-state index is 11.6. The Labute approximate surface area is 94.1 Å². The second kappa shape index (κ2) is 7.54. The molecule has 0 saturated heterocycles. The van der Waals surface area contributed by atoms with Crippen LogP contribution in [0.3, 0.4) is 0 Å². The second-order valence-corrected chi connectivity index (χ2v) is 4.43. The van der Waals surface area contributed by atoms with Gasteiger partial charge in [-0.1, -0.05) is 6.58 Å². The van der Waals surface area contributed by atoms with Gasteiger partial charge in [-0.25, -0.2) is 4.57 Å². The number of rotatable bonds is 8. The Morgan fingerprint density at radius 1 is 1.44 bits per heavy atom. The van der Waals surface area contributed by atoms with Gasteiger partial charge in [-0.2, -0.15) is 0 Å². The lowest BCUT2D eigenvalue weighted by atomic mass is 10.6. The number of phosphoric ester groups is 1. The Balaban J connectivity index is 4.08. The van der Waals surface area contributed by atoms with Crippen molar-refractivity contribution in [2.24, 2.45) is 5.73 Å². The maximum absolute atomic E-state index is 11.6. The third kappa shape index (κ3) is 6.71. The summed E-state index contributed by atoms with van der Waals surface area (Å²) in [5.41, 5.74) is 5.17. The molecule has 0 aromatic rings. The van der Waals surface area contributed by atoms with E-state index in [1.165, 1.54) is 14.0 Å². The highest BCUT2D eigenvalue weighted by Gasteiger charge is 2.25. The van der Waals surface area contributed by atoms with Gasteiger partial charge in [-0.05, 0) is 0 Å². The van der Waals surface area contributed by atoms with Crippen molar-refractivity contribution in [3.8, 4) is 0 Å². The normalized spacial score (nSPS) is 14.2. The summed E-state index contributed by atoms with van der Waals surface area (Å²) >= 11 is 0. The minimum atomic E-state index is -3.65. The van der Waals surface area contributed by atoms with E-state index in [1.54, 1.807) is 0 Å². The monoisotopic (exact) mass is 253 g/mol. The van der Waals surface area contributed by atoms with Gasteiger partial charge in [-0.15, -0.1) is 0 Å². The zero-order chi connectivity index (χ0) is 12.6. The third-order valence-electron chi connectivity index (χ3n) is 1.26. The Morgan fingerprint density at radius 2 is 2.06 bits per heavy atom. The van der Waals surface area contributed by atoms with Gasteiger partial charge in [-0.3, -0.25) is 18.4 Å². The molecule has 2 N–H and O–H groups in total. The summed E-state index contributed by atoms with van der Waals surface area (Å²) in [4.78, 5) is 10.5. The van der Waals surface area contributed by atoms with Crippen LogP contribution in [0.25, 0.3) is 0 Å². The standard InChI is InChI=1S/C8H16NO6P/c1-7(15-8(2)10)6-14-16(11,12-3)13-5-4-9/h1,4-6,9H2,2-3H3. The van der Waals surface area contributed by atoms with Crippen LogP contribution in [0.15, 0.2) is 12.3 Å². The molecule has 1 unspecified atom stereocenters. The van der Waals surface area contributed by atoms with Crippen molar-refractivity contribution in [2.45, 2.75) is 6.92 Å². The molecule has 0 amide bonds. The fourth-order valence-electron chi connectivity index (χ4n) is 0.691. The molecule has 16 heavy (non-hydrogen) atoms. The van der Waals surface area contributed by atoms with Crippen LogP contribution in [-0.2, 0) is 27.7 Å². The van der Waals surface area contributed by atoms with E-state index in [1.807, 2.05) is 0 Å². The highest BCUT2D eigenvalue weighted by Crippen LogP contribution is 2.48. The summed E-state index contributed by atoms with van der Waals surface area (Å²) in [7, 11) is -2.47. The van der Waals surface area contributed by atoms with E-state index in [4.69, 9.17) is 14.8 Å². The molecule has 0 aromatic heterocycles. The maximum Gasteiger partial charge on any atom is 0.474 e. The molecule has 0 aliphatic heterocycles.